The number of hydrogen-bond donors (Lipinski definition) is 2. The molecule has 2 unspecified atom stereocenters. The van der Waals surface area contributed by atoms with E-state index in [1.807, 2.05) is 0 Å². The number of carbonyl (C=O) groups excluding carboxylic acids is 1. The fraction of sp³-hybridized carbons (Fsp3) is 0.462. The predicted molar refractivity (Wildman–Crippen MR) is 62.0 cm³/mol. The van der Waals surface area contributed by atoms with Crippen molar-refractivity contribution in [2.24, 2.45) is 5.92 Å². The molecule has 0 aliphatic heterocycles. The van der Waals surface area contributed by atoms with E-state index in [-0.39, 0.29) is 17.6 Å². The summed E-state index contributed by atoms with van der Waals surface area (Å²) in [6, 6.07) is 3.06. The Morgan fingerprint density at radius 3 is 2.72 bits per heavy atom. The van der Waals surface area contributed by atoms with Gasteiger partial charge in [-0.2, -0.15) is 0 Å². The van der Waals surface area contributed by atoms with Crippen LogP contribution < -0.4 is 5.32 Å². The molecule has 1 saturated carbocycles. The Labute approximate surface area is 104 Å². The van der Waals surface area contributed by atoms with Gasteiger partial charge in [0.25, 0.3) is 5.91 Å². The minimum Gasteiger partial charge on any atom is -0.393 e. The highest BCUT2D eigenvalue weighted by Crippen LogP contribution is 2.24. The van der Waals surface area contributed by atoms with Crippen molar-refractivity contribution in [3.63, 3.8) is 0 Å². The van der Waals surface area contributed by atoms with Crippen molar-refractivity contribution >= 4 is 5.91 Å². The largest absolute Gasteiger partial charge is 0.393 e. The van der Waals surface area contributed by atoms with Gasteiger partial charge in [-0.1, -0.05) is 0 Å². The second-order valence-electron chi connectivity index (χ2n) is 4.67. The van der Waals surface area contributed by atoms with Gasteiger partial charge < -0.3 is 10.4 Å². The zero-order valence-corrected chi connectivity index (χ0v) is 9.83. The maximum atomic E-state index is 12.9. The van der Waals surface area contributed by atoms with Crippen LogP contribution >= 0.6 is 0 Å². The summed E-state index contributed by atoms with van der Waals surface area (Å²) in [5.41, 5.74) is 0.104. The molecule has 18 heavy (non-hydrogen) atoms. The SMILES string of the molecule is O=C(NCC1CCC(O)C1)c1ccc(F)c(F)c1. The minimum absolute atomic E-state index is 0.104. The molecule has 98 valence electrons. The molecule has 0 aromatic heterocycles. The van der Waals surface area contributed by atoms with E-state index in [2.05, 4.69) is 5.32 Å². The molecule has 1 aliphatic carbocycles. The lowest BCUT2D eigenvalue weighted by molar-refractivity contribution is 0.0944. The van der Waals surface area contributed by atoms with Crippen LogP contribution in [0.25, 0.3) is 0 Å². The van der Waals surface area contributed by atoms with Gasteiger partial charge in [-0.25, -0.2) is 8.78 Å². The number of aliphatic hydroxyl groups excluding tert-OH is 1. The van der Waals surface area contributed by atoms with Crippen molar-refractivity contribution in [3.8, 4) is 0 Å². The first kappa shape index (κ1) is 13.0. The monoisotopic (exact) mass is 255 g/mol. The van der Waals surface area contributed by atoms with Crippen molar-refractivity contribution in [1.29, 1.82) is 0 Å². The summed E-state index contributed by atoms with van der Waals surface area (Å²) in [7, 11) is 0. The molecule has 2 N–H and O–H groups in total. The number of nitrogens with one attached hydrogen (secondary N) is 1. The Morgan fingerprint density at radius 2 is 2.11 bits per heavy atom. The molecule has 5 heteroatoms. The van der Waals surface area contributed by atoms with Crippen LogP contribution in [0.15, 0.2) is 18.2 Å². The average molecular weight is 255 g/mol. The molecule has 2 rings (SSSR count). The highest BCUT2D eigenvalue weighted by atomic mass is 19.2. The van der Waals surface area contributed by atoms with Crippen molar-refractivity contribution < 1.29 is 18.7 Å². The topological polar surface area (TPSA) is 49.3 Å². The Kier molecular flexibility index (Phi) is 3.91. The summed E-state index contributed by atoms with van der Waals surface area (Å²) in [4.78, 5) is 11.7. The number of halogens is 2. The molecule has 1 amide bonds. The van der Waals surface area contributed by atoms with Gasteiger partial charge in [-0.3, -0.25) is 4.79 Å². The molecule has 0 heterocycles. The lowest BCUT2D eigenvalue weighted by Crippen LogP contribution is -2.28. The normalized spacial score (nSPS) is 23.1. The van der Waals surface area contributed by atoms with Crippen LogP contribution in [0.2, 0.25) is 0 Å². The molecule has 0 saturated heterocycles. The van der Waals surface area contributed by atoms with Crippen LogP contribution in [-0.4, -0.2) is 23.7 Å². The smallest absolute Gasteiger partial charge is 0.251 e. The summed E-state index contributed by atoms with van der Waals surface area (Å²) < 4.78 is 25.6. The van der Waals surface area contributed by atoms with Gasteiger partial charge in [0, 0.05) is 12.1 Å². The van der Waals surface area contributed by atoms with Crippen LogP contribution in [0.4, 0.5) is 8.78 Å². The third-order valence-electron chi connectivity index (χ3n) is 3.25. The molecule has 1 aromatic carbocycles. The maximum Gasteiger partial charge on any atom is 0.251 e. The zero-order chi connectivity index (χ0) is 13.1. The Hall–Kier alpha value is -1.49. The van der Waals surface area contributed by atoms with Gasteiger partial charge in [0.15, 0.2) is 11.6 Å². The summed E-state index contributed by atoms with van der Waals surface area (Å²) in [5, 5.41) is 12.0. The first-order valence-electron chi connectivity index (χ1n) is 5.97. The molecule has 2 atom stereocenters. The average Bonchev–Trinajstić information content (AvgIpc) is 2.75. The number of rotatable bonds is 3. The van der Waals surface area contributed by atoms with E-state index in [0.717, 1.165) is 25.0 Å². The van der Waals surface area contributed by atoms with Gasteiger partial charge in [-0.05, 0) is 43.4 Å². The van der Waals surface area contributed by atoms with E-state index >= 15 is 0 Å². The van der Waals surface area contributed by atoms with E-state index < -0.39 is 17.5 Å². The van der Waals surface area contributed by atoms with Gasteiger partial charge in [-0.15, -0.1) is 0 Å². The Balaban J connectivity index is 1.89. The molecular formula is C13H15F2NO2. The first-order valence-corrected chi connectivity index (χ1v) is 5.97. The summed E-state index contributed by atoms with van der Waals surface area (Å²) >= 11 is 0. The van der Waals surface area contributed by atoms with Crippen LogP contribution in [0.1, 0.15) is 29.6 Å². The van der Waals surface area contributed by atoms with Crippen molar-refractivity contribution in [3.05, 3.63) is 35.4 Å². The molecule has 0 bridgehead atoms. The third-order valence-corrected chi connectivity index (χ3v) is 3.25. The second-order valence-corrected chi connectivity index (χ2v) is 4.67. The minimum atomic E-state index is -1.03. The fourth-order valence-corrected chi connectivity index (χ4v) is 2.21. The molecule has 0 radical (unpaired) electrons. The van der Waals surface area contributed by atoms with Crippen molar-refractivity contribution in [2.45, 2.75) is 25.4 Å². The lowest BCUT2D eigenvalue weighted by atomic mass is 10.1. The summed E-state index contributed by atoms with van der Waals surface area (Å²) in [5.74, 6) is -2.16. The van der Waals surface area contributed by atoms with Crippen LogP contribution in [0.5, 0.6) is 0 Å². The molecular weight excluding hydrogens is 240 g/mol. The Bertz CT molecular complexity index is 451. The molecule has 1 fully saturated rings. The summed E-state index contributed by atoms with van der Waals surface area (Å²) in [6.07, 6.45) is 2.03. The third kappa shape index (κ3) is 3.04. The van der Waals surface area contributed by atoms with E-state index in [4.69, 9.17) is 0 Å². The molecule has 1 aromatic rings. The molecule has 0 spiro atoms. The van der Waals surface area contributed by atoms with Gasteiger partial charge in [0.1, 0.15) is 0 Å². The number of hydrogen-bond acceptors (Lipinski definition) is 2. The van der Waals surface area contributed by atoms with Crippen molar-refractivity contribution in [2.75, 3.05) is 6.54 Å². The highest BCUT2D eigenvalue weighted by molar-refractivity contribution is 5.94. The van der Waals surface area contributed by atoms with Crippen molar-refractivity contribution in [1.82, 2.24) is 5.32 Å². The van der Waals surface area contributed by atoms with Gasteiger partial charge >= 0.3 is 0 Å². The quantitative estimate of drug-likeness (QED) is 0.866. The molecule has 1 aliphatic rings. The number of aliphatic hydroxyl groups is 1. The van der Waals surface area contributed by atoms with E-state index in [9.17, 15) is 18.7 Å². The number of amides is 1. The standard InChI is InChI=1S/C13H15F2NO2/c14-11-4-2-9(6-12(11)15)13(18)16-7-8-1-3-10(17)5-8/h2,4,6,8,10,17H,1,3,5,7H2,(H,16,18). The van der Waals surface area contributed by atoms with E-state index in [0.29, 0.717) is 13.0 Å². The molecule has 3 nitrogen and oxygen atoms in total. The van der Waals surface area contributed by atoms with Crippen LogP contribution in [-0.2, 0) is 0 Å². The first-order chi connectivity index (χ1) is 8.56. The number of benzene rings is 1. The zero-order valence-electron chi connectivity index (χ0n) is 9.83. The lowest BCUT2D eigenvalue weighted by Gasteiger charge is -2.11. The maximum absolute atomic E-state index is 12.9. The van der Waals surface area contributed by atoms with E-state index in [1.54, 1.807) is 0 Å². The number of carbonyl (C=O) groups is 1. The van der Waals surface area contributed by atoms with E-state index in [1.165, 1.54) is 6.07 Å². The second kappa shape index (κ2) is 5.44. The van der Waals surface area contributed by atoms with Crippen LogP contribution in [0.3, 0.4) is 0 Å². The van der Waals surface area contributed by atoms with Crippen LogP contribution in [0, 0.1) is 17.6 Å². The van der Waals surface area contributed by atoms with Gasteiger partial charge in [0.05, 0.1) is 6.10 Å². The van der Waals surface area contributed by atoms with Gasteiger partial charge in [0.2, 0.25) is 0 Å². The highest BCUT2D eigenvalue weighted by Gasteiger charge is 2.23. The Morgan fingerprint density at radius 1 is 1.33 bits per heavy atom. The fourth-order valence-electron chi connectivity index (χ4n) is 2.21. The summed E-state index contributed by atoms with van der Waals surface area (Å²) in [6.45, 7) is 0.453. The predicted octanol–water partition coefficient (Wildman–Crippen LogP) is 1.86.